The minimum atomic E-state index is -0.965. The van der Waals surface area contributed by atoms with E-state index in [1.165, 1.54) is 0 Å². The average Bonchev–Trinajstić information content (AvgIpc) is 3.00. The van der Waals surface area contributed by atoms with E-state index in [4.69, 9.17) is 4.74 Å². The van der Waals surface area contributed by atoms with Crippen LogP contribution in [0.4, 0.5) is 11.6 Å². The molecular weight excluding hydrogens is 386 g/mol. The molecule has 0 aliphatic carbocycles. The lowest BCUT2D eigenvalue weighted by atomic mass is 10.0. The number of anilines is 2. The molecule has 1 saturated heterocycles. The Labute approximate surface area is 175 Å². The number of amides is 1. The molecular formula is C21H27N5O4. The van der Waals surface area contributed by atoms with Crippen molar-refractivity contribution in [1.29, 1.82) is 0 Å². The van der Waals surface area contributed by atoms with E-state index >= 15 is 0 Å². The van der Waals surface area contributed by atoms with Crippen LogP contribution < -0.4 is 15.0 Å². The summed E-state index contributed by atoms with van der Waals surface area (Å²) in [5, 5.41) is 12.4. The number of nitrogens with one attached hydrogen (secondary N) is 1. The molecule has 2 heterocycles. The van der Waals surface area contributed by atoms with Gasteiger partial charge in [0.15, 0.2) is 0 Å². The predicted molar refractivity (Wildman–Crippen MR) is 113 cm³/mol. The van der Waals surface area contributed by atoms with Crippen LogP contribution in [0.2, 0.25) is 0 Å². The standard InChI is InChI=1S/C21H27N5O4/c1-30-18-6-4-17(5-7-18)24-19(27)14-16(20(28)29)15-25-10-3-11-26(13-12-25)21-22-8-2-9-23-21/h2,4-9,16H,3,10-15H2,1H3,(H,24,27)(H,28,29). The number of carbonyl (C=O) groups excluding carboxylic acids is 1. The van der Waals surface area contributed by atoms with Crippen LogP contribution in [0.15, 0.2) is 42.7 Å². The first-order valence-corrected chi connectivity index (χ1v) is 9.96. The van der Waals surface area contributed by atoms with Gasteiger partial charge in [0.05, 0.1) is 13.0 Å². The van der Waals surface area contributed by atoms with E-state index in [1.54, 1.807) is 49.8 Å². The van der Waals surface area contributed by atoms with Crippen LogP contribution in [0, 0.1) is 5.92 Å². The third-order valence-electron chi connectivity index (χ3n) is 5.06. The SMILES string of the molecule is COc1ccc(NC(=O)CC(CN2CCCN(c3ncccn3)CC2)C(=O)O)cc1. The molecule has 2 aromatic rings. The van der Waals surface area contributed by atoms with Gasteiger partial charge < -0.3 is 25.0 Å². The lowest BCUT2D eigenvalue weighted by Gasteiger charge is -2.24. The maximum absolute atomic E-state index is 12.4. The smallest absolute Gasteiger partial charge is 0.308 e. The third-order valence-corrected chi connectivity index (χ3v) is 5.06. The number of rotatable bonds is 8. The van der Waals surface area contributed by atoms with Crippen molar-refractivity contribution in [2.75, 3.05) is 50.1 Å². The second-order valence-electron chi connectivity index (χ2n) is 7.21. The number of carboxylic acid groups (broad SMARTS) is 1. The third kappa shape index (κ3) is 6.15. The summed E-state index contributed by atoms with van der Waals surface area (Å²) in [6, 6.07) is 8.71. The molecule has 1 unspecified atom stereocenters. The van der Waals surface area contributed by atoms with E-state index in [0.29, 0.717) is 37.0 Å². The largest absolute Gasteiger partial charge is 0.497 e. The van der Waals surface area contributed by atoms with Gasteiger partial charge in [-0.15, -0.1) is 0 Å². The number of methoxy groups -OCH3 is 1. The topological polar surface area (TPSA) is 108 Å². The highest BCUT2D eigenvalue weighted by atomic mass is 16.5. The fourth-order valence-corrected chi connectivity index (χ4v) is 3.46. The molecule has 1 aliphatic heterocycles. The van der Waals surface area contributed by atoms with Gasteiger partial charge in [-0.05, 0) is 43.3 Å². The van der Waals surface area contributed by atoms with Crippen molar-refractivity contribution in [3.05, 3.63) is 42.7 Å². The molecule has 9 heteroatoms. The molecule has 3 rings (SSSR count). The number of ether oxygens (including phenoxy) is 1. The van der Waals surface area contributed by atoms with Crippen molar-refractivity contribution in [3.63, 3.8) is 0 Å². The molecule has 30 heavy (non-hydrogen) atoms. The van der Waals surface area contributed by atoms with Gasteiger partial charge in [0.25, 0.3) is 0 Å². The van der Waals surface area contributed by atoms with Gasteiger partial charge in [0.1, 0.15) is 5.75 Å². The molecule has 0 spiro atoms. The Morgan fingerprint density at radius 1 is 1.13 bits per heavy atom. The Hall–Kier alpha value is -3.20. The van der Waals surface area contributed by atoms with Gasteiger partial charge in [0, 0.05) is 50.7 Å². The molecule has 1 aromatic carbocycles. The Bertz CT molecular complexity index is 831. The fraction of sp³-hybridized carbons (Fsp3) is 0.429. The Balaban J connectivity index is 1.53. The van der Waals surface area contributed by atoms with Crippen molar-refractivity contribution >= 4 is 23.5 Å². The fourth-order valence-electron chi connectivity index (χ4n) is 3.46. The quantitative estimate of drug-likeness (QED) is 0.674. The molecule has 1 atom stereocenters. The van der Waals surface area contributed by atoms with Crippen molar-refractivity contribution in [2.45, 2.75) is 12.8 Å². The van der Waals surface area contributed by atoms with Crippen LogP contribution in [0.3, 0.4) is 0 Å². The molecule has 2 N–H and O–H groups in total. The molecule has 0 bridgehead atoms. The summed E-state index contributed by atoms with van der Waals surface area (Å²) in [5.74, 6) is -0.683. The van der Waals surface area contributed by atoms with Crippen LogP contribution in [-0.2, 0) is 9.59 Å². The molecule has 0 saturated carbocycles. The normalized spacial score (nSPS) is 15.8. The highest BCUT2D eigenvalue weighted by molar-refractivity contribution is 5.93. The minimum Gasteiger partial charge on any atom is -0.497 e. The number of hydrogen-bond acceptors (Lipinski definition) is 7. The number of hydrogen-bond donors (Lipinski definition) is 2. The summed E-state index contributed by atoms with van der Waals surface area (Å²) in [6.45, 7) is 3.33. The molecule has 1 amide bonds. The first-order chi connectivity index (χ1) is 14.5. The average molecular weight is 413 g/mol. The number of aliphatic carboxylic acids is 1. The Kier molecular flexibility index (Phi) is 7.56. The first kappa shape index (κ1) is 21.5. The zero-order valence-corrected chi connectivity index (χ0v) is 17.0. The van der Waals surface area contributed by atoms with Crippen molar-refractivity contribution in [1.82, 2.24) is 14.9 Å². The lowest BCUT2D eigenvalue weighted by molar-refractivity contribution is -0.144. The highest BCUT2D eigenvalue weighted by Crippen LogP contribution is 2.17. The van der Waals surface area contributed by atoms with Gasteiger partial charge in [-0.3, -0.25) is 9.59 Å². The van der Waals surface area contributed by atoms with Crippen LogP contribution in [0.25, 0.3) is 0 Å². The Morgan fingerprint density at radius 2 is 1.87 bits per heavy atom. The van der Waals surface area contributed by atoms with E-state index < -0.39 is 11.9 Å². The van der Waals surface area contributed by atoms with Crippen LogP contribution >= 0.6 is 0 Å². The molecule has 0 radical (unpaired) electrons. The van der Waals surface area contributed by atoms with Crippen LogP contribution in [0.5, 0.6) is 5.75 Å². The number of carbonyl (C=O) groups is 2. The maximum atomic E-state index is 12.4. The zero-order valence-electron chi connectivity index (χ0n) is 17.0. The molecule has 9 nitrogen and oxygen atoms in total. The number of aromatic nitrogens is 2. The lowest BCUT2D eigenvalue weighted by Crippen LogP contribution is -2.38. The van der Waals surface area contributed by atoms with Gasteiger partial charge >= 0.3 is 5.97 Å². The maximum Gasteiger partial charge on any atom is 0.308 e. The van der Waals surface area contributed by atoms with E-state index in [-0.39, 0.29) is 12.3 Å². The van der Waals surface area contributed by atoms with Crippen molar-refractivity contribution < 1.29 is 19.4 Å². The molecule has 160 valence electrons. The second-order valence-corrected chi connectivity index (χ2v) is 7.21. The van der Waals surface area contributed by atoms with Gasteiger partial charge in [-0.1, -0.05) is 0 Å². The monoisotopic (exact) mass is 413 g/mol. The summed E-state index contributed by atoms with van der Waals surface area (Å²) in [5.41, 5.74) is 0.609. The zero-order chi connectivity index (χ0) is 21.3. The molecule has 1 fully saturated rings. The summed E-state index contributed by atoms with van der Waals surface area (Å²) in [6.07, 6.45) is 4.23. The van der Waals surface area contributed by atoms with Crippen LogP contribution in [0.1, 0.15) is 12.8 Å². The summed E-state index contributed by atoms with van der Waals surface area (Å²) in [7, 11) is 1.57. The summed E-state index contributed by atoms with van der Waals surface area (Å²) in [4.78, 5) is 36.9. The van der Waals surface area contributed by atoms with E-state index in [9.17, 15) is 14.7 Å². The highest BCUT2D eigenvalue weighted by Gasteiger charge is 2.26. The van der Waals surface area contributed by atoms with Gasteiger partial charge in [-0.2, -0.15) is 0 Å². The minimum absolute atomic E-state index is 0.0800. The van der Waals surface area contributed by atoms with E-state index in [2.05, 4.69) is 25.1 Å². The Morgan fingerprint density at radius 3 is 2.53 bits per heavy atom. The predicted octanol–water partition coefficient (Wildman–Crippen LogP) is 1.73. The second kappa shape index (κ2) is 10.5. The summed E-state index contributed by atoms with van der Waals surface area (Å²) < 4.78 is 5.09. The first-order valence-electron chi connectivity index (χ1n) is 9.96. The number of benzene rings is 1. The number of carboxylic acids is 1. The van der Waals surface area contributed by atoms with Crippen molar-refractivity contribution in [3.8, 4) is 5.75 Å². The molecule has 1 aliphatic rings. The van der Waals surface area contributed by atoms with E-state index in [0.717, 1.165) is 19.5 Å². The number of nitrogens with zero attached hydrogens (tertiary/aromatic N) is 4. The van der Waals surface area contributed by atoms with Crippen molar-refractivity contribution in [2.24, 2.45) is 5.92 Å². The van der Waals surface area contributed by atoms with Gasteiger partial charge in [-0.25, -0.2) is 9.97 Å². The summed E-state index contributed by atoms with van der Waals surface area (Å²) >= 11 is 0. The molecule has 1 aromatic heterocycles. The van der Waals surface area contributed by atoms with Crippen LogP contribution in [-0.4, -0.2) is 71.7 Å². The van der Waals surface area contributed by atoms with E-state index in [1.807, 2.05) is 0 Å². The van der Waals surface area contributed by atoms with Gasteiger partial charge in [0.2, 0.25) is 11.9 Å².